The van der Waals surface area contributed by atoms with Gasteiger partial charge < -0.3 is 4.74 Å². The number of pyridine rings is 1. The lowest BCUT2D eigenvalue weighted by Gasteiger charge is -2.03. The fourth-order valence-electron chi connectivity index (χ4n) is 1.80. The van der Waals surface area contributed by atoms with Crippen LogP contribution in [0.4, 0.5) is 0 Å². The van der Waals surface area contributed by atoms with Crippen LogP contribution in [0.3, 0.4) is 0 Å². The second kappa shape index (κ2) is 8.14. The van der Waals surface area contributed by atoms with Gasteiger partial charge in [0.1, 0.15) is 0 Å². The van der Waals surface area contributed by atoms with Gasteiger partial charge in [-0.2, -0.15) is 0 Å². The Hall–Kier alpha value is -1.05. The molecule has 0 amide bonds. The van der Waals surface area contributed by atoms with Gasteiger partial charge in [-0.05, 0) is 18.9 Å². The number of nitrogens with zero attached hydrogens (tertiary/aromatic N) is 1. The zero-order valence-electron chi connectivity index (χ0n) is 10.5. The molecule has 0 bridgehead atoms. The molecule has 0 saturated heterocycles. The van der Waals surface area contributed by atoms with Crippen LogP contribution in [0.15, 0.2) is 18.2 Å². The van der Waals surface area contributed by atoms with Crippen molar-refractivity contribution in [1.29, 1.82) is 0 Å². The van der Waals surface area contributed by atoms with Crippen LogP contribution in [0.25, 0.3) is 0 Å². The molecule has 1 heterocycles. The van der Waals surface area contributed by atoms with E-state index in [1.54, 1.807) is 7.11 Å². The molecule has 0 aliphatic rings. The van der Waals surface area contributed by atoms with Crippen LogP contribution in [0.2, 0.25) is 0 Å². The summed E-state index contributed by atoms with van der Waals surface area (Å²) < 4.78 is 5.10. The van der Waals surface area contributed by atoms with Gasteiger partial charge in [0.25, 0.3) is 0 Å². The molecule has 2 nitrogen and oxygen atoms in total. The minimum absolute atomic E-state index is 0.725. The minimum Gasteiger partial charge on any atom is -0.481 e. The van der Waals surface area contributed by atoms with E-state index < -0.39 is 0 Å². The third-order valence-corrected chi connectivity index (χ3v) is 2.78. The number of rotatable bonds is 8. The third-order valence-electron chi connectivity index (χ3n) is 2.78. The standard InChI is InChI=1S/C14H23NO/c1-3-4-5-6-7-8-10-13-11-9-12-14(15-13)16-2/h9,11-12H,3-8,10H2,1-2H3. The van der Waals surface area contributed by atoms with Crippen molar-refractivity contribution in [3.05, 3.63) is 23.9 Å². The predicted molar refractivity (Wildman–Crippen MR) is 67.9 cm³/mol. The summed E-state index contributed by atoms with van der Waals surface area (Å²) in [6.07, 6.45) is 9.06. The van der Waals surface area contributed by atoms with Crippen LogP contribution in [0.1, 0.15) is 51.1 Å². The molecule has 1 aromatic rings. The molecular formula is C14H23NO. The largest absolute Gasteiger partial charge is 0.481 e. The summed E-state index contributed by atoms with van der Waals surface area (Å²) in [4.78, 5) is 4.40. The number of hydrogen-bond donors (Lipinski definition) is 0. The number of aromatic nitrogens is 1. The average Bonchev–Trinajstić information content (AvgIpc) is 2.34. The summed E-state index contributed by atoms with van der Waals surface area (Å²) >= 11 is 0. The van der Waals surface area contributed by atoms with Gasteiger partial charge in [0, 0.05) is 11.8 Å². The highest BCUT2D eigenvalue weighted by molar-refractivity contribution is 5.15. The molecular weight excluding hydrogens is 198 g/mol. The molecule has 0 atom stereocenters. The van der Waals surface area contributed by atoms with E-state index >= 15 is 0 Å². The predicted octanol–water partition coefficient (Wildman–Crippen LogP) is 3.99. The fraction of sp³-hybridized carbons (Fsp3) is 0.643. The van der Waals surface area contributed by atoms with Gasteiger partial charge in [-0.3, -0.25) is 0 Å². The van der Waals surface area contributed by atoms with Crippen LogP contribution in [-0.2, 0) is 6.42 Å². The highest BCUT2D eigenvalue weighted by Crippen LogP contribution is 2.11. The molecule has 0 aliphatic carbocycles. The SMILES string of the molecule is CCCCCCCCc1cccc(OC)n1. The molecule has 0 fully saturated rings. The van der Waals surface area contributed by atoms with Gasteiger partial charge in [-0.25, -0.2) is 4.98 Å². The first-order valence-corrected chi connectivity index (χ1v) is 6.36. The van der Waals surface area contributed by atoms with Gasteiger partial charge in [0.2, 0.25) is 5.88 Å². The lowest BCUT2D eigenvalue weighted by atomic mass is 10.1. The van der Waals surface area contributed by atoms with Crippen molar-refractivity contribution in [3.63, 3.8) is 0 Å². The Labute approximate surface area is 99.0 Å². The van der Waals surface area contributed by atoms with Gasteiger partial charge in [0.15, 0.2) is 0 Å². The van der Waals surface area contributed by atoms with Crippen molar-refractivity contribution in [1.82, 2.24) is 4.98 Å². The van der Waals surface area contributed by atoms with E-state index in [1.165, 1.54) is 38.5 Å². The fourth-order valence-corrected chi connectivity index (χ4v) is 1.80. The van der Waals surface area contributed by atoms with Crippen molar-refractivity contribution in [2.45, 2.75) is 51.9 Å². The highest BCUT2D eigenvalue weighted by atomic mass is 16.5. The normalized spacial score (nSPS) is 10.4. The molecule has 0 N–H and O–H groups in total. The Balaban J connectivity index is 2.16. The first-order chi connectivity index (χ1) is 7.86. The maximum Gasteiger partial charge on any atom is 0.213 e. The molecule has 90 valence electrons. The highest BCUT2D eigenvalue weighted by Gasteiger charge is 1.97. The topological polar surface area (TPSA) is 22.1 Å². The van der Waals surface area contributed by atoms with E-state index in [0.717, 1.165) is 18.0 Å². The summed E-state index contributed by atoms with van der Waals surface area (Å²) in [6.45, 7) is 2.25. The Morgan fingerprint density at radius 3 is 2.56 bits per heavy atom. The third kappa shape index (κ3) is 5.15. The van der Waals surface area contributed by atoms with Crippen molar-refractivity contribution in [2.24, 2.45) is 0 Å². The molecule has 1 rings (SSSR count). The second-order valence-electron chi connectivity index (χ2n) is 4.19. The molecule has 16 heavy (non-hydrogen) atoms. The monoisotopic (exact) mass is 221 g/mol. The van der Waals surface area contributed by atoms with Crippen LogP contribution >= 0.6 is 0 Å². The van der Waals surface area contributed by atoms with Gasteiger partial charge in [0.05, 0.1) is 7.11 Å². The molecule has 1 aromatic heterocycles. The van der Waals surface area contributed by atoms with E-state index in [2.05, 4.69) is 18.0 Å². The number of aryl methyl sites for hydroxylation is 1. The van der Waals surface area contributed by atoms with Gasteiger partial charge >= 0.3 is 0 Å². The van der Waals surface area contributed by atoms with E-state index in [0.29, 0.717) is 0 Å². The Morgan fingerprint density at radius 1 is 1.06 bits per heavy atom. The molecule has 0 radical (unpaired) electrons. The Kier molecular flexibility index (Phi) is 6.62. The molecule has 2 heteroatoms. The second-order valence-corrected chi connectivity index (χ2v) is 4.19. The zero-order chi connectivity index (χ0) is 11.6. The van der Waals surface area contributed by atoms with E-state index in [1.807, 2.05) is 12.1 Å². The van der Waals surface area contributed by atoms with Crippen LogP contribution in [0, 0.1) is 0 Å². The van der Waals surface area contributed by atoms with E-state index in [-0.39, 0.29) is 0 Å². The molecule has 0 spiro atoms. The molecule has 0 aliphatic heterocycles. The van der Waals surface area contributed by atoms with Crippen LogP contribution < -0.4 is 4.74 Å². The van der Waals surface area contributed by atoms with Gasteiger partial charge in [-0.15, -0.1) is 0 Å². The molecule has 0 unspecified atom stereocenters. The van der Waals surface area contributed by atoms with Crippen molar-refractivity contribution in [2.75, 3.05) is 7.11 Å². The van der Waals surface area contributed by atoms with Gasteiger partial charge in [-0.1, -0.05) is 45.1 Å². The lowest BCUT2D eigenvalue weighted by Crippen LogP contribution is -1.93. The lowest BCUT2D eigenvalue weighted by molar-refractivity contribution is 0.396. The molecule has 0 aromatic carbocycles. The number of unbranched alkanes of at least 4 members (excludes halogenated alkanes) is 5. The quantitative estimate of drug-likeness (QED) is 0.619. The maximum absolute atomic E-state index is 5.10. The summed E-state index contributed by atoms with van der Waals surface area (Å²) in [5.41, 5.74) is 1.15. The van der Waals surface area contributed by atoms with Crippen LogP contribution in [-0.4, -0.2) is 12.1 Å². The first-order valence-electron chi connectivity index (χ1n) is 6.36. The number of methoxy groups -OCH3 is 1. The number of ether oxygens (including phenoxy) is 1. The van der Waals surface area contributed by atoms with Crippen LogP contribution in [0.5, 0.6) is 5.88 Å². The van der Waals surface area contributed by atoms with Crippen molar-refractivity contribution >= 4 is 0 Å². The molecule has 0 saturated carbocycles. The van der Waals surface area contributed by atoms with E-state index in [9.17, 15) is 0 Å². The Bertz CT molecular complexity index is 286. The summed E-state index contributed by atoms with van der Waals surface area (Å²) in [5, 5.41) is 0. The smallest absolute Gasteiger partial charge is 0.213 e. The summed E-state index contributed by atoms with van der Waals surface area (Å²) in [7, 11) is 1.66. The van der Waals surface area contributed by atoms with Crippen molar-refractivity contribution in [3.8, 4) is 5.88 Å². The maximum atomic E-state index is 5.10. The Morgan fingerprint density at radius 2 is 1.81 bits per heavy atom. The summed E-state index contributed by atoms with van der Waals surface area (Å²) in [5.74, 6) is 0.725. The first kappa shape index (κ1) is 13.0. The number of hydrogen-bond acceptors (Lipinski definition) is 2. The zero-order valence-corrected chi connectivity index (χ0v) is 10.5. The van der Waals surface area contributed by atoms with Crippen molar-refractivity contribution < 1.29 is 4.74 Å². The summed E-state index contributed by atoms with van der Waals surface area (Å²) in [6, 6.07) is 5.98. The van der Waals surface area contributed by atoms with E-state index in [4.69, 9.17) is 4.74 Å². The average molecular weight is 221 g/mol. The minimum atomic E-state index is 0.725.